The molecule has 0 aliphatic carbocycles. The molecule has 1 fully saturated rings. The average Bonchev–Trinajstić information content (AvgIpc) is 2.85. The highest BCUT2D eigenvalue weighted by atomic mass is 15.2. The van der Waals surface area contributed by atoms with E-state index in [0.29, 0.717) is 6.04 Å². The van der Waals surface area contributed by atoms with Gasteiger partial charge < -0.3 is 5.32 Å². The van der Waals surface area contributed by atoms with Crippen LogP contribution in [0.4, 0.5) is 0 Å². The van der Waals surface area contributed by atoms with Crippen LogP contribution in [-0.2, 0) is 6.54 Å². The Morgan fingerprint density at radius 2 is 2.41 bits per heavy atom. The lowest BCUT2D eigenvalue weighted by Gasteiger charge is -2.28. The normalized spacial score (nSPS) is 20.1. The van der Waals surface area contributed by atoms with Gasteiger partial charge >= 0.3 is 0 Å². The number of rotatable bonds is 5. The molecule has 94 valence electrons. The van der Waals surface area contributed by atoms with Gasteiger partial charge in [0.2, 0.25) is 0 Å². The van der Waals surface area contributed by atoms with Crippen LogP contribution >= 0.6 is 0 Å². The van der Waals surface area contributed by atoms with Crippen molar-refractivity contribution >= 4 is 0 Å². The molecule has 0 aromatic carbocycles. The summed E-state index contributed by atoms with van der Waals surface area (Å²) in [4.78, 5) is 6.98. The molecule has 1 aromatic rings. The van der Waals surface area contributed by atoms with E-state index < -0.39 is 0 Å². The van der Waals surface area contributed by atoms with Crippen LogP contribution in [-0.4, -0.2) is 35.6 Å². The summed E-state index contributed by atoms with van der Waals surface area (Å²) >= 11 is 0. The zero-order valence-electron chi connectivity index (χ0n) is 10.9. The van der Waals surface area contributed by atoms with Gasteiger partial charge in [0.25, 0.3) is 0 Å². The van der Waals surface area contributed by atoms with E-state index in [4.69, 9.17) is 0 Å². The van der Waals surface area contributed by atoms with E-state index in [1.807, 2.05) is 12.3 Å². The quantitative estimate of drug-likeness (QED) is 0.842. The van der Waals surface area contributed by atoms with Gasteiger partial charge in [-0.25, -0.2) is 0 Å². The first-order chi connectivity index (χ1) is 8.31. The molecule has 0 bridgehead atoms. The summed E-state index contributed by atoms with van der Waals surface area (Å²) in [5.74, 6) is 0. The molecule has 0 amide bonds. The van der Waals surface area contributed by atoms with Crippen LogP contribution in [0.15, 0.2) is 18.3 Å². The molecule has 1 atom stereocenters. The topological polar surface area (TPSA) is 28.2 Å². The molecule has 1 aromatic heterocycles. The van der Waals surface area contributed by atoms with Crippen molar-refractivity contribution in [2.45, 2.75) is 39.3 Å². The Hall–Kier alpha value is -0.930. The molecule has 2 rings (SSSR count). The predicted molar refractivity (Wildman–Crippen MR) is 70.9 cm³/mol. The van der Waals surface area contributed by atoms with Crippen LogP contribution in [0.25, 0.3) is 0 Å². The maximum atomic E-state index is 4.38. The molecule has 1 saturated heterocycles. The smallest absolute Gasteiger partial charge is 0.0417 e. The second kappa shape index (κ2) is 6.12. The Balaban J connectivity index is 2.04. The second-order valence-electron chi connectivity index (χ2n) is 4.87. The van der Waals surface area contributed by atoms with Crippen LogP contribution in [0.5, 0.6) is 0 Å². The van der Waals surface area contributed by atoms with Gasteiger partial charge in [0.1, 0.15) is 0 Å². The van der Waals surface area contributed by atoms with Crippen molar-refractivity contribution in [1.82, 2.24) is 15.2 Å². The SMILES string of the molecule is CCCN(Cc1cccnc1C)C1CCNC1. The second-order valence-corrected chi connectivity index (χ2v) is 4.87. The molecular formula is C14H23N3. The van der Waals surface area contributed by atoms with E-state index in [1.165, 1.54) is 30.6 Å². The average molecular weight is 233 g/mol. The van der Waals surface area contributed by atoms with Crippen LogP contribution < -0.4 is 5.32 Å². The van der Waals surface area contributed by atoms with Gasteiger partial charge in [-0.1, -0.05) is 13.0 Å². The summed E-state index contributed by atoms with van der Waals surface area (Å²) < 4.78 is 0. The molecular weight excluding hydrogens is 210 g/mol. The van der Waals surface area contributed by atoms with Gasteiger partial charge in [0, 0.05) is 31.0 Å². The zero-order chi connectivity index (χ0) is 12.1. The summed E-state index contributed by atoms with van der Waals surface area (Å²) in [7, 11) is 0. The molecule has 0 spiro atoms. The third-order valence-corrected chi connectivity index (χ3v) is 3.55. The number of nitrogens with one attached hydrogen (secondary N) is 1. The number of hydrogen-bond acceptors (Lipinski definition) is 3. The molecule has 1 unspecified atom stereocenters. The minimum absolute atomic E-state index is 0.703. The number of aryl methyl sites for hydroxylation is 1. The van der Waals surface area contributed by atoms with Crippen LogP contribution in [0.2, 0.25) is 0 Å². The summed E-state index contributed by atoms with van der Waals surface area (Å²) in [6.45, 7) is 8.88. The molecule has 3 heteroatoms. The summed E-state index contributed by atoms with van der Waals surface area (Å²) in [5.41, 5.74) is 2.53. The minimum atomic E-state index is 0.703. The van der Waals surface area contributed by atoms with Gasteiger partial charge in [0.15, 0.2) is 0 Å². The largest absolute Gasteiger partial charge is 0.315 e. The number of nitrogens with zero attached hydrogens (tertiary/aromatic N) is 2. The predicted octanol–water partition coefficient (Wildman–Crippen LogP) is 1.96. The Labute approximate surface area is 104 Å². The van der Waals surface area contributed by atoms with Crippen molar-refractivity contribution in [3.05, 3.63) is 29.6 Å². The molecule has 1 N–H and O–H groups in total. The highest BCUT2D eigenvalue weighted by Gasteiger charge is 2.21. The Morgan fingerprint density at radius 3 is 3.06 bits per heavy atom. The first-order valence-corrected chi connectivity index (χ1v) is 6.66. The van der Waals surface area contributed by atoms with Crippen molar-refractivity contribution in [1.29, 1.82) is 0 Å². The lowest BCUT2D eigenvalue weighted by molar-refractivity contribution is 0.199. The zero-order valence-corrected chi connectivity index (χ0v) is 10.9. The molecule has 1 aliphatic heterocycles. The van der Waals surface area contributed by atoms with Crippen molar-refractivity contribution in [2.75, 3.05) is 19.6 Å². The highest BCUT2D eigenvalue weighted by Crippen LogP contribution is 2.15. The van der Waals surface area contributed by atoms with E-state index in [1.54, 1.807) is 0 Å². The van der Waals surface area contributed by atoms with Crippen molar-refractivity contribution in [2.24, 2.45) is 0 Å². The van der Waals surface area contributed by atoms with E-state index in [0.717, 1.165) is 19.6 Å². The molecule has 17 heavy (non-hydrogen) atoms. The Bertz CT molecular complexity index is 345. The van der Waals surface area contributed by atoms with Gasteiger partial charge in [0.05, 0.1) is 0 Å². The van der Waals surface area contributed by atoms with Gasteiger partial charge in [-0.3, -0.25) is 9.88 Å². The fraction of sp³-hybridized carbons (Fsp3) is 0.643. The van der Waals surface area contributed by atoms with Gasteiger partial charge in [-0.2, -0.15) is 0 Å². The van der Waals surface area contributed by atoms with Crippen molar-refractivity contribution in [3.8, 4) is 0 Å². The monoisotopic (exact) mass is 233 g/mol. The fourth-order valence-electron chi connectivity index (χ4n) is 2.53. The number of pyridine rings is 1. The Morgan fingerprint density at radius 1 is 1.53 bits per heavy atom. The van der Waals surface area contributed by atoms with Gasteiger partial charge in [-0.05, 0) is 44.5 Å². The van der Waals surface area contributed by atoms with Gasteiger partial charge in [-0.15, -0.1) is 0 Å². The molecule has 0 radical (unpaired) electrons. The van der Waals surface area contributed by atoms with Crippen LogP contribution in [0, 0.1) is 6.92 Å². The van der Waals surface area contributed by atoms with Crippen LogP contribution in [0.3, 0.4) is 0 Å². The molecule has 2 heterocycles. The minimum Gasteiger partial charge on any atom is -0.315 e. The molecule has 0 saturated carbocycles. The van der Waals surface area contributed by atoms with Crippen molar-refractivity contribution < 1.29 is 0 Å². The van der Waals surface area contributed by atoms with E-state index in [9.17, 15) is 0 Å². The van der Waals surface area contributed by atoms with E-state index in [2.05, 4.69) is 35.1 Å². The summed E-state index contributed by atoms with van der Waals surface area (Å²) in [5, 5.41) is 3.45. The summed E-state index contributed by atoms with van der Waals surface area (Å²) in [6.07, 6.45) is 4.37. The first-order valence-electron chi connectivity index (χ1n) is 6.66. The lowest BCUT2D eigenvalue weighted by Crippen LogP contribution is -2.37. The third-order valence-electron chi connectivity index (χ3n) is 3.55. The summed E-state index contributed by atoms with van der Waals surface area (Å²) in [6, 6.07) is 4.95. The van der Waals surface area contributed by atoms with E-state index in [-0.39, 0.29) is 0 Å². The van der Waals surface area contributed by atoms with Crippen molar-refractivity contribution in [3.63, 3.8) is 0 Å². The highest BCUT2D eigenvalue weighted by molar-refractivity contribution is 5.18. The Kier molecular flexibility index (Phi) is 4.51. The van der Waals surface area contributed by atoms with E-state index >= 15 is 0 Å². The molecule has 3 nitrogen and oxygen atoms in total. The van der Waals surface area contributed by atoms with Crippen LogP contribution in [0.1, 0.15) is 31.0 Å². The molecule has 1 aliphatic rings. The first kappa shape index (κ1) is 12.5. The number of aromatic nitrogens is 1. The fourth-order valence-corrected chi connectivity index (χ4v) is 2.53. The maximum Gasteiger partial charge on any atom is 0.0417 e. The number of hydrogen-bond donors (Lipinski definition) is 1. The maximum absolute atomic E-state index is 4.38. The third kappa shape index (κ3) is 3.27. The lowest BCUT2D eigenvalue weighted by atomic mass is 10.1. The standard InChI is InChI=1S/C14H23N3/c1-3-9-17(14-6-8-15-10-14)11-13-5-4-7-16-12(13)2/h4-5,7,14-15H,3,6,8-11H2,1-2H3.